The van der Waals surface area contributed by atoms with Crippen LogP contribution in [0, 0.1) is 0 Å². The maximum atomic E-state index is 12.9. The Morgan fingerprint density at radius 2 is 0.684 bits per heavy atom. The smallest absolute Gasteiger partial charge is 0.306 e. The van der Waals surface area contributed by atoms with Crippen LogP contribution >= 0.6 is 0 Å². The summed E-state index contributed by atoms with van der Waals surface area (Å²) in [5, 5.41) is 11.8. The van der Waals surface area contributed by atoms with E-state index in [1.165, 1.54) is 199 Å². The van der Waals surface area contributed by atoms with Gasteiger partial charge in [0.25, 0.3) is 0 Å². The Kier molecular flexibility index (Phi) is 58.3. The number of carbonyl (C=O) groups is 3. The quantitative estimate of drug-likeness (QED) is 0.0195. The zero-order valence-electron chi connectivity index (χ0n) is 52.2. The van der Waals surface area contributed by atoms with Gasteiger partial charge in [0, 0.05) is 12.8 Å². The average molecular weight is 1110 g/mol. The van der Waals surface area contributed by atoms with E-state index in [4.69, 9.17) is 18.9 Å². The molecule has 79 heavy (non-hydrogen) atoms. The zero-order chi connectivity index (χ0) is 57.6. The van der Waals surface area contributed by atoms with Gasteiger partial charge in [0.05, 0.1) is 40.3 Å². The van der Waals surface area contributed by atoms with E-state index >= 15 is 0 Å². The fraction of sp³-hybridized carbons (Fsp3) is 0.786. The van der Waals surface area contributed by atoms with Crippen LogP contribution in [0.2, 0.25) is 0 Å². The lowest BCUT2D eigenvalue weighted by Gasteiger charge is -2.26. The van der Waals surface area contributed by atoms with Crippen molar-refractivity contribution in [2.45, 2.75) is 309 Å². The van der Waals surface area contributed by atoms with Gasteiger partial charge >= 0.3 is 11.9 Å². The zero-order valence-corrected chi connectivity index (χ0v) is 52.2. The predicted molar refractivity (Wildman–Crippen MR) is 334 cm³/mol. The number of carboxylic acid groups (broad SMARTS) is 1. The van der Waals surface area contributed by atoms with Crippen molar-refractivity contribution in [3.05, 3.63) is 72.9 Å². The van der Waals surface area contributed by atoms with Crippen molar-refractivity contribution in [2.75, 3.05) is 47.5 Å². The molecule has 0 rings (SSSR count). The first-order valence-electron chi connectivity index (χ1n) is 33.1. The van der Waals surface area contributed by atoms with Gasteiger partial charge in [-0.05, 0) is 89.9 Å². The number of hydrogen-bond acceptors (Lipinski definition) is 8. The molecule has 0 saturated heterocycles. The molecule has 0 amide bonds. The van der Waals surface area contributed by atoms with Crippen molar-refractivity contribution in [3.8, 4) is 0 Å². The van der Waals surface area contributed by atoms with Crippen LogP contribution in [-0.4, -0.2) is 82.3 Å². The van der Waals surface area contributed by atoms with Crippen LogP contribution in [-0.2, 0) is 33.3 Å². The Bertz CT molecular complexity index is 1520. The van der Waals surface area contributed by atoms with Gasteiger partial charge in [-0.15, -0.1) is 0 Å². The van der Waals surface area contributed by atoms with Gasteiger partial charge in [0.1, 0.15) is 13.2 Å². The molecule has 0 aliphatic carbocycles. The molecule has 9 nitrogen and oxygen atoms in total. The molecule has 0 bridgehead atoms. The molecule has 9 heteroatoms. The Hall–Kier alpha value is -3.27. The molecular weight excluding hydrogens is 983 g/mol. The van der Waals surface area contributed by atoms with E-state index in [-0.39, 0.29) is 38.6 Å². The number of quaternary nitrogens is 1. The van der Waals surface area contributed by atoms with E-state index < -0.39 is 24.3 Å². The maximum Gasteiger partial charge on any atom is 0.306 e. The lowest BCUT2D eigenvalue weighted by atomic mass is 10.0. The third kappa shape index (κ3) is 62.2. The van der Waals surface area contributed by atoms with Crippen LogP contribution in [0.5, 0.6) is 0 Å². The second-order valence-electron chi connectivity index (χ2n) is 23.4. The molecule has 0 fully saturated rings. The molecule has 2 atom stereocenters. The molecule has 0 aliphatic heterocycles. The molecule has 0 radical (unpaired) electrons. The highest BCUT2D eigenvalue weighted by Gasteiger charge is 2.22. The first-order valence-corrected chi connectivity index (χ1v) is 33.1. The summed E-state index contributed by atoms with van der Waals surface area (Å²) in [4.78, 5) is 37.4. The van der Waals surface area contributed by atoms with Crippen molar-refractivity contribution in [1.82, 2.24) is 0 Å². The lowest BCUT2D eigenvalue weighted by Crippen LogP contribution is -2.44. The monoisotopic (exact) mass is 1110 g/mol. The highest BCUT2D eigenvalue weighted by Crippen LogP contribution is 2.17. The molecule has 0 saturated carbocycles. The summed E-state index contributed by atoms with van der Waals surface area (Å²) in [6.07, 6.45) is 76.7. The second-order valence-corrected chi connectivity index (χ2v) is 23.4. The topological polar surface area (TPSA) is 111 Å². The fourth-order valence-corrected chi connectivity index (χ4v) is 9.32. The third-order valence-corrected chi connectivity index (χ3v) is 14.4. The summed E-state index contributed by atoms with van der Waals surface area (Å²) < 4.78 is 22.8. The minimum atomic E-state index is -1.63. The summed E-state index contributed by atoms with van der Waals surface area (Å²) in [6, 6.07) is 0. The Balaban J connectivity index is 4.17. The van der Waals surface area contributed by atoms with Gasteiger partial charge in [0.2, 0.25) is 0 Å². The van der Waals surface area contributed by atoms with Crippen molar-refractivity contribution >= 4 is 17.9 Å². The van der Waals surface area contributed by atoms with E-state index in [0.29, 0.717) is 17.4 Å². The largest absolute Gasteiger partial charge is 0.545 e. The van der Waals surface area contributed by atoms with E-state index in [1.807, 2.05) is 21.1 Å². The number of esters is 2. The molecule has 0 heterocycles. The van der Waals surface area contributed by atoms with Crippen LogP contribution in [0.4, 0.5) is 0 Å². The van der Waals surface area contributed by atoms with Crippen molar-refractivity contribution in [3.63, 3.8) is 0 Å². The summed E-state index contributed by atoms with van der Waals surface area (Å²) in [7, 11) is 5.93. The number of rotatable bonds is 61. The average Bonchev–Trinajstić information content (AvgIpc) is 3.42. The highest BCUT2D eigenvalue weighted by molar-refractivity contribution is 5.70. The summed E-state index contributed by atoms with van der Waals surface area (Å²) in [5.41, 5.74) is 0. The van der Waals surface area contributed by atoms with E-state index in [1.54, 1.807) is 0 Å². The molecule has 0 spiro atoms. The van der Waals surface area contributed by atoms with Crippen LogP contribution in [0.3, 0.4) is 0 Å². The summed E-state index contributed by atoms with van der Waals surface area (Å²) in [6.45, 7) is 4.75. The number of ether oxygens (including phenoxy) is 4. The summed E-state index contributed by atoms with van der Waals surface area (Å²) >= 11 is 0. The predicted octanol–water partition coefficient (Wildman–Crippen LogP) is 18.8. The number of carbonyl (C=O) groups excluding carboxylic acids is 3. The first-order chi connectivity index (χ1) is 38.6. The van der Waals surface area contributed by atoms with E-state index in [2.05, 4.69) is 86.8 Å². The van der Waals surface area contributed by atoms with Gasteiger partial charge < -0.3 is 33.3 Å². The van der Waals surface area contributed by atoms with Crippen LogP contribution in [0.1, 0.15) is 296 Å². The van der Waals surface area contributed by atoms with Crippen LogP contribution < -0.4 is 5.11 Å². The highest BCUT2D eigenvalue weighted by atomic mass is 16.7. The number of aliphatic carboxylic acids is 1. The standard InChI is InChI=1S/C70H125NO8/c1-6-8-10-12-14-16-18-20-22-24-26-28-30-32-34-36-38-40-42-44-46-48-50-52-54-56-58-60-67(72)77-64-66(65-78-70(69(74)75)76-63-62-71(3,4)5)79-68(73)61-59-57-55-53-51-49-47-45-43-41-39-37-35-33-31-29-27-25-23-21-19-17-15-13-11-9-7-2/h18-21,24-27,30-33,66,70H,6-17,22-23,28-29,34-65H2,1-5H3/b20-18-,21-19-,26-24-,27-25-,32-30-,33-31-. The van der Waals surface area contributed by atoms with E-state index in [0.717, 1.165) is 64.2 Å². The molecule has 0 aromatic rings. The number of likely N-dealkylation sites (N-methyl/N-ethyl adjacent to an activating group) is 1. The van der Waals surface area contributed by atoms with Gasteiger partial charge in [0.15, 0.2) is 12.4 Å². The van der Waals surface area contributed by atoms with Crippen molar-refractivity contribution in [1.29, 1.82) is 0 Å². The minimum Gasteiger partial charge on any atom is -0.545 e. The molecule has 0 aromatic heterocycles. The lowest BCUT2D eigenvalue weighted by molar-refractivity contribution is -0.870. The number of unbranched alkanes of at least 4 members (excludes halogenated alkanes) is 34. The Morgan fingerprint density at radius 1 is 0.380 bits per heavy atom. The second kappa shape index (κ2) is 60.8. The van der Waals surface area contributed by atoms with E-state index in [9.17, 15) is 19.5 Å². The van der Waals surface area contributed by atoms with Crippen LogP contribution in [0.25, 0.3) is 0 Å². The molecule has 0 aromatic carbocycles. The normalized spacial score (nSPS) is 13.2. The first kappa shape index (κ1) is 75.7. The SMILES string of the molecule is CCCCCCC/C=C\C/C=C\C/C=C\CCCCCCCCCCCCCCC(=O)OCC(COC(OCC[N+](C)(C)C)C(=O)[O-])OC(=O)CCCCCCCCCCCCCC/C=C\C/C=C\C/C=C\CCCCCCC. The maximum absolute atomic E-state index is 12.9. The Labute approximate surface area is 487 Å². The Morgan fingerprint density at radius 3 is 1.01 bits per heavy atom. The van der Waals surface area contributed by atoms with Crippen molar-refractivity contribution in [2.24, 2.45) is 0 Å². The van der Waals surface area contributed by atoms with Crippen molar-refractivity contribution < 1.29 is 42.9 Å². The number of allylic oxidation sites excluding steroid dienone is 12. The van der Waals surface area contributed by atoms with Gasteiger partial charge in [-0.1, -0.05) is 267 Å². The number of carboxylic acids is 1. The molecular formula is C70H125NO8. The third-order valence-electron chi connectivity index (χ3n) is 14.4. The van der Waals surface area contributed by atoms with Gasteiger partial charge in [-0.25, -0.2) is 0 Å². The summed E-state index contributed by atoms with van der Waals surface area (Å²) in [5.74, 6) is -2.28. The minimum absolute atomic E-state index is 0.145. The van der Waals surface area contributed by atoms with Gasteiger partial charge in [-0.3, -0.25) is 9.59 Å². The number of nitrogens with zero attached hydrogens (tertiary/aromatic N) is 1. The molecule has 0 aliphatic rings. The molecule has 458 valence electrons. The number of hydrogen-bond donors (Lipinski definition) is 0. The molecule has 2 unspecified atom stereocenters. The van der Waals surface area contributed by atoms with Gasteiger partial charge in [-0.2, -0.15) is 0 Å². The fourth-order valence-electron chi connectivity index (χ4n) is 9.32. The molecule has 0 N–H and O–H groups in total. The van der Waals surface area contributed by atoms with Crippen LogP contribution in [0.15, 0.2) is 72.9 Å².